The van der Waals surface area contributed by atoms with Crippen LogP contribution in [0.15, 0.2) is 17.5 Å². The van der Waals surface area contributed by atoms with E-state index in [4.69, 9.17) is 9.47 Å². The highest BCUT2D eigenvalue weighted by atomic mass is 32.1. The maximum absolute atomic E-state index is 12.8. The monoisotopic (exact) mass is 295 g/mol. The molecule has 0 spiro atoms. The van der Waals surface area contributed by atoms with E-state index in [1.54, 1.807) is 11.3 Å². The second-order valence-electron chi connectivity index (χ2n) is 5.52. The summed E-state index contributed by atoms with van der Waals surface area (Å²) in [4.78, 5) is 13.9. The highest BCUT2D eigenvalue weighted by Crippen LogP contribution is 2.37. The number of carbonyl (C=O) groups is 1. The van der Waals surface area contributed by atoms with E-state index >= 15 is 0 Å². The zero-order chi connectivity index (χ0) is 13.8. The van der Waals surface area contributed by atoms with Gasteiger partial charge in [0.1, 0.15) is 0 Å². The number of hydrogen-bond donors (Lipinski definition) is 1. The number of carbonyl (C=O) groups excluding carboxylic acids is 1. The molecule has 0 aliphatic carbocycles. The Bertz CT molecular complexity index is 434. The number of ether oxygens (including phenoxy) is 2. The van der Waals surface area contributed by atoms with Gasteiger partial charge in [0.2, 0.25) is 5.91 Å². The zero-order valence-corrected chi connectivity index (χ0v) is 12.4. The van der Waals surface area contributed by atoms with Gasteiger partial charge in [-0.3, -0.25) is 4.79 Å². The van der Waals surface area contributed by atoms with Crippen LogP contribution in [0.1, 0.15) is 30.6 Å². The van der Waals surface area contributed by atoms with Gasteiger partial charge in [-0.05, 0) is 37.1 Å². The fourth-order valence-corrected chi connectivity index (χ4v) is 4.02. The van der Waals surface area contributed by atoms with E-state index in [1.807, 2.05) is 11.4 Å². The molecule has 1 aromatic heterocycles. The Kier molecular flexibility index (Phi) is 4.38. The quantitative estimate of drug-likeness (QED) is 0.925. The number of nitrogens with one attached hydrogen (secondary N) is 1. The van der Waals surface area contributed by atoms with Gasteiger partial charge in [0.25, 0.3) is 0 Å². The third-order valence-electron chi connectivity index (χ3n) is 4.29. The van der Waals surface area contributed by atoms with Crippen LogP contribution in [0.4, 0.5) is 0 Å². The van der Waals surface area contributed by atoms with Gasteiger partial charge in [0.05, 0.1) is 11.5 Å². The van der Waals surface area contributed by atoms with Crippen LogP contribution in [0.3, 0.4) is 0 Å². The molecule has 3 heterocycles. The summed E-state index contributed by atoms with van der Waals surface area (Å²) in [6.07, 6.45) is 3.88. The molecule has 0 aromatic carbocycles. The minimum Gasteiger partial charge on any atom is -0.381 e. The highest BCUT2D eigenvalue weighted by molar-refractivity contribution is 7.10. The van der Waals surface area contributed by atoms with Crippen LogP contribution in [0.2, 0.25) is 0 Å². The Balaban J connectivity index is 1.70. The first-order valence-corrected chi connectivity index (χ1v) is 8.21. The first kappa shape index (κ1) is 14.0. The van der Waals surface area contributed by atoms with Crippen molar-refractivity contribution < 1.29 is 14.3 Å². The van der Waals surface area contributed by atoms with Crippen LogP contribution in [-0.4, -0.2) is 38.4 Å². The molecule has 0 bridgehead atoms. The molecule has 3 rings (SSSR count). The standard InChI is InChI=1S/C15H21NO3S/c17-14(16-11-12-3-1-7-19-12)15(5-8-18-9-6-15)13-4-2-10-20-13/h2,4,10,12H,1,3,5-9,11H2,(H,16,17)/t12-/m0/s1. The van der Waals surface area contributed by atoms with Crippen molar-refractivity contribution in [3.63, 3.8) is 0 Å². The molecule has 1 atom stereocenters. The Labute approximate surface area is 123 Å². The molecule has 0 unspecified atom stereocenters. The third kappa shape index (κ3) is 2.75. The minimum atomic E-state index is -0.398. The van der Waals surface area contributed by atoms with E-state index in [-0.39, 0.29) is 12.0 Å². The van der Waals surface area contributed by atoms with E-state index in [0.29, 0.717) is 19.8 Å². The Morgan fingerprint density at radius 3 is 2.90 bits per heavy atom. The molecule has 2 fully saturated rings. The Morgan fingerprint density at radius 1 is 1.40 bits per heavy atom. The van der Waals surface area contributed by atoms with Crippen LogP contribution in [0.25, 0.3) is 0 Å². The molecular weight excluding hydrogens is 274 g/mol. The summed E-state index contributed by atoms with van der Waals surface area (Å²) in [5.74, 6) is 0.138. The molecule has 2 aliphatic heterocycles. The Morgan fingerprint density at radius 2 is 2.25 bits per heavy atom. The summed E-state index contributed by atoms with van der Waals surface area (Å²) < 4.78 is 11.0. The Hall–Kier alpha value is -0.910. The number of thiophene rings is 1. The lowest BCUT2D eigenvalue weighted by molar-refractivity contribution is -0.130. The topological polar surface area (TPSA) is 47.6 Å². The van der Waals surface area contributed by atoms with Gasteiger partial charge in [0, 0.05) is 31.2 Å². The first-order valence-electron chi connectivity index (χ1n) is 7.33. The van der Waals surface area contributed by atoms with Gasteiger partial charge in [0.15, 0.2) is 0 Å². The first-order chi connectivity index (χ1) is 9.81. The molecule has 110 valence electrons. The lowest BCUT2D eigenvalue weighted by Crippen LogP contribution is -2.49. The van der Waals surface area contributed by atoms with Crippen molar-refractivity contribution in [1.29, 1.82) is 0 Å². The largest absolute Gasteiger partial charge is 0.381 e. The lowest BCUT2D eigenvalue weighted by atomic mass is 9.78. The van der Waals surface area contributed by atoms with Gasteiger partial charge < -0.3 is 14.8 Å². The average molecular weight is 295 g/mol. The van der Waals surface area contributed by atoms with Gasteiger partial charge in [-0.1, -0.05) is 6.07 Å². The van der Waals surface area contributed by atoms with E-state index in [9.17, 15) is 4.79 Å². The van der Waals surface area contributed by atoms with E-state index in [1.165, 1.54) is 0 Å². The van der Waals surface area contributed by atoms with Gasteiger partial charge >= 0.3 is 0 Å². The summed E-state index contributed by atoms with van der Waals surface area (Å²) in [6, 6.07) is 4.09. The van der Waals surface area contributed by atoms with Gasteiger partial charge in [-0.2, -0.15) is 0 Å². The normalized spacial score (nSPS) is 25.5. The van der Waals surface area contributed by atoms with Crippen molar-refractivity contribution in [2.24, 2.45) is 0 Å². The zero-order valence-electron chi connectivity index (χ0n) is 11.6. The molecule has 2 aliphatic rings. The van der Waals surface area contributed by atoms with Crippen molar-refractivity contribution in [2.45, 2.75) is 37.2 Å². The summed E-state index contributed by atoms with van der Waals surface area (Å²) >= 11 is 1.67. The van der Waals surface area contributed by atoms with Crippen LogP contribution in [0, 0.1) is 0 Å². The van der Waals surface area contributed by atoms with Crippen LogP contribution < -0.4 is 5.32 Å². The predicted octanol–water partition coefficient (Wildman–Crippen LogP) is 2.09. The van der Waals surface area contributed by atoms with Crippen molar-refractivity contribution in [1.82, 2.24) is 5.32 Å². The van der Waals surface area contributed by atoms with E-state index in [2.05, 4.69) is 11.4 Å². The third-order valence-corrected chi connectivity index (χ3v) is 5.36. The molecule has 1 aromatic rings. The molecular formula is C15H21NO3S. The van der Waals surface area contributed by atoms with E-state index < -0.39 is 5.41 Å². The highest BCUT2D eigenvalue weighted by Gasteiger charge is 2.42. The van der Waals surface area contributed by atoms with Crippen molar-refractivity contribution in [3.8, 4) is 0 Å². The number of hydrogen-bond acceptors (Lipinski definition) is 4. The second kappa shape index (κ2) is 6.24. The number of rotatable bonds is 4. The molecule has 1 N–H and O–H groups in total. The SMILES string of the molecule is O=C(NC[C@@H]1CCCO1)C1(c2cccs2)CCOCC1. The van der Waals surface area contributed by atoms with Crippen molar-refractivity contribution >= 4 is 17.2 Å². The predicted molar refractivity (Wildman–Crippen MR) is 78.0 cm³/mol. The van der Waals surface area contributed by atoms with Gasteiger partial charge in [-0.25, -0.2) is 0 Å². The van der Waals surface area contributed by atoms with Crippen LogP contribution in [0.5, 0.6) is 0 Å². The maximum atomic E-state index is 12.8. The fraction of sp³-hybridized carbons (Fsp3) is 0.667. The lowest BCUT2D eigenvalue weighted by Gasteiger charge is -2.35. The van der Waals surface area contributed by atoms with Crippen molar-refractivity contribution in [3.05, 3.63) is 22.4 Å². The van der Waals surface area contributed by atoms with Crippen LogP contribution >= 0.6 is 11.3 Å². The summed E-state index contributed by atoms with van der Waals surface area (Å²) in [7, 11) is 0. The summed E-state index contributed by atoms with van der Waals surface area (Å²) in [6.45, 7) is 2.77. The fourth-order valence-electron chi connectivity index (χ4n) is 3.04. The second-order valence-corrected chi connectivity index (χ2v) is 6.46. The molecule has 5 heteroatoms. The van der Waals surface area contributed by atoms with Crippen molar-refractivity contribution in [2.75, 3.05) is 26.4 Å². The maximum Gasteiger partial charge on any atom is 0.231 e. The molecule has 0 radical (unpaired) electrons. The molecule has 2 saturated heterocycles. The summed E-state index contributed by atoms with van der Waals surface area (Å²) in [5, 5.41) is 5.15. The van der Waals surface area contributed by atoms with Crippen LogP contribution in [-0.2, 0) is 19.7 Å². The molecule has 1 amide bonds. The minimum absolute atomic E-state index is 0.138. The molecule has 0 saturated carbocycles. The number of amides is 1. The average Bonchev–Trinajstić information content (AvgIpc) is 3.18. The summed E-state index contributed by atoms with van der Waals surface area (Å²) in [5.41, 5.74) is -0.398. The van der Waals surface area contributed by atoms with E-state index in [0.717, 1.165) is 37.2 Å². The molecule has 20 heavy (non-hydrogen) atoms. The molecule has 4 nitrogen and oxygen atoms in total. The van der Waals surface area contributed by atoms with Gasteiger partial charge in [-0.15, -0.1) is 11.3 Å². The smallest absolute Gasteiger partial charge is 0.231 e.